The van der Waals surface area contributed by atoms with Gasteiger partial charge in [-0.25, -0.2) is 0 Å². The predicted molar refractivity (Wildman–Crippen MR) is 55.0 cm³/mol. The van der Waals surface area contributed by atoms with E-state index >= 15 is 0 Å². The van der Waals surface area contributed by atoms with Crippen molar-refractivity contribution in [3.05, 3.63) is 0 Å². The summed E-state index contributed by atoms with van der Waals surface area (Å²) in [6.45, 7) is 4.47. The quantitative estimate of drug-likeness (QED) is 0.670. The van der Waals surface area contributed by atoms with Gasteiger partial charge in [-0.15, -0.1) is 0 Å². The maximum Gasteiger partial charge on any atom is 0.217 e. The van der Waals surface area contributed by atoms with E-state index in [1.807, 2.05) is 0 Å². The maximum absolute atomic E-state index is 10.8. The van der Waals surface area contributed by atoms with E-state index in [1.165, 1.54) is 26.2 Å². The molecule has 14 heavy (non-hydrogen) atoms. The molecule has 0 radical (unpaired) electrons. The molecule has 1 aliphatic heterocycles. The number of amides is 1. The smallest absolute Gasteiger partial charge is 0.217 e. The molecule has 4 heteroatoms. The van der Waals surface area contributed by atoms with Gasteiger partial charge in [-0.3, -0.25) is 4.79 Å². The van der Waals surface area contributed by atoms with Gasteiger partial charge in [0, 0.05) is 13.5 Å². The number of carbonyl (C=O) groups is 1. The number of aliphatic hydroxyl groups is 1. The van der Waals surface area contributed by atoms with Gasteiger partial charge in [0.1, 0.15) is 0 Å². The monoisotopic (exact) mass is 200 g/mol. The van der Waals surface area contributed by atoms with Crippen LogP contribution in [0.5, 0.6) is 0 Å². The van der Waals surface area contributed by atoms with E-state index < -0.39 is 0 Å². The van der Waals surface area contributed by atoms with Gasteiger partial charge in [-0.2, -0.15) is 0 Å². The van der Waals surface area contributed by atoms with E-state index in [0.717, 1.165) is 19.6 Å². The molecule has 1 saturated heterocycles. The Hall–Kier alpha value is -0.610. The molecule has 1 aliphatic rings. The van der Waals surface area contributed by atoms with Gasteiger partial charge in [-0.1, -0.05) is 6.42 Å². The number of nitrogens with one attached hydrogen (secondary N) is 1. The number of piperidine rings is 1. The van der Waals surface area contributed by atoms with Gasteiger partial charge < -0.3 is 15.3 Å². The molecule has 0 aliphatic carbocycles. The highest BCUT2D eigenvalue weighted by atomic mass is 16.3. The van der Waals surface area contributed by atoms with Crippen molar-refractivity contribution in [3.8, 4) is 0 Å². The van der Waals surface area contributed by atoms with E-state index in [9.17, 15) is 4.79 Å². The number of carbonyl (C=O) groups excluding carboxylic acids is 1. The standard InChI is InChI=1S/C10H20N2O2/c1-9(14)11-10(8-13)7-12-5-3-2-4-6-12/h10,13H,2-8H2,1H3,(H,11,14). The summed E-state index contributed by atoms with van der Waals surface area (Å²) in [5.74, 6) is -0.0685. The number of likely N-dealkylation sites (tertiary alicyclic amines) is 1. The Kier molecular flexibility index (Phi) is 4.90. The van der Waals surface area contributed by atoms with E-state index in [1.54, 1.807) is 0 Å². The van der Waals surface area contributed by atoms with Crippen molar-refractivity contribution in [3.63, 3.8) is 0 Å². The maximum atomic E-state index is 10.8. The van der Waals surface area contributed by atoms with Crippen LogP contribution in [-0.4, -0.2) is 48.2 Å². The lowest BCUT2D eigenvalue weighted by Crippen LogP contribution is -2.46. The van der Waals surface area contributed by atoms with Crippen molar-refractivity contribution in [2.75, 3.05) is 26.2 Å². The molecule has 0 aromatic heterocycles. The molecule has 82 valence electrons. The molecule has 1 unspecified atom stereocenters. The Bertz CT molecular complexity index is 179. The highest BCUT2D eigenvalue weighted by Crippen LogP contribution is 2.08. The third kappa shape index (κ3) is 4.07. The van der Waals surface area contributed by atoms with Gasteiger partial charge in [-0.05, 0) is 25.9 Å². The van der Waals surface area contributed by atoms with Crippen LogP contribution in [0.2, 0.25) is 0 Å². The van der Waals surface area contributed by atoms with Crippen LogP contribution in [0.25, 0.3) is 0 Å². The molecule has 0 bridgehead atoms. The highest BCUT2D eigenvalue weighted by molar-refractivity contribution is 5.73. The molecule has 1 atom stereocenters. The summed E-state index contributed by atoms with van der Waals surface area (Å²) in [7, 11) is 0. The lowest BCUT2D eigenvalue weighted by atomic mass is 10.1. The molecule has 1 fully saturated rings. The summed E-state index contributed by atoms with van der Waals surface area (Å²) >= 11 is 0. The third-order valence-corrected chi connectivity index (χ3v) is 2.56. The lowest BCUT2D eigenvalue weighted by molar-refractivity contribution is -0.120. The van der Waals surface area contributed by atoms with Gasteiger partial charge in [0.05, 0.1) is 12.6 Å². The Morgan fingerprint density at radius 3 is 2.57 bits per heavy atom. The molecule has 4 nitrogen and oxygen atoms in total. The summed E-state index contributed by atoms with van der Waals surface area (Å²) in [6.07, 6.45) is 3.77. The highest BCUT2D eigenvalue weighted by Gasteiger charge is 2.16. The summed E-state index contributed by atoms with van der Waals surface area (Å²) in [6, 6.07) is -0.106. The molecular formula is C10H20N2O2. The molecule has 0 aromatic carbocycles. The zero-order valence-corrected chi connectivity index (χ0v) is 8.83. The van der Waals surface area contributed by atoms with Crippen LogP contribution in [0.4, 0.5) is 0 Å². The molecule has 2 N–H and O–H groups in total. The van der Waals surface area contributed by atoms with Crippen molar-refractivity contribution < 1.29 is 9.90 Å². The van der Waals surface area contributed by atoms with E-state index in [2.05, 4.69) is 10.2 Å². The average Bonchev–Trinajstić information content (AvgIpc) is 2.17. The van der Waals surface area contributed by atoms with Crippen molar-refractivity contribution >= 4 is 5.91 Å². The zero-order valence-electron chi connectivity index (χ0n) is 8.83. The summed E-state index contributed by atoms with van der Waals surface area (Å²) < 4.78 is 0. The van der Waals surface area contributed by atoms with Crippen LogP contribution in [0.3, 0.4) is 0 Å². The third-order valence-electron chi connectivity index (χ3n) is 2.56. The van der Waals surface area contributed by atoms with Crippen molar-refractivity contribution in [1.82, 2.24) is 10.2 Å². The van der Waals surface area contributed by atoms with Crippen LogP contribution in [-0.2, 0) is 4.79 Å². The predicted octanol–water partition coefficient (Wildman–Crippen LogP) is -0.0307. The zero-order chi connectivity index (χ0) is 10.4. The fraction of sp³-hybridized carbons (Fsp3) is 0.900. The van der Waals surface area contributed by atoms with Crippen LogP contribution in [0.15, 0.2) is 0 Å². The average molecular weight is 200 g/mol. The van der Waals surface area contributed by atoms with Crippen LogP contribution >= 0.6 is 0 Å². The van der Waals surface area contributed by atoms with Gasteiger partial charge in [0.2, 0.25) is 5.91 Å². The number of aliphatic hydroxyl groups excluding tert-OH is 1. The summed E-state index contributed by atoms with van der Waals surface area (Å²) in [4.78, 5) is 13.1. The Morgan fingerprint density at radius 1 is 1.43 bits per heavy atom. The first-order valence-electron chi connectivity index (χ1n) is 5.32. The number of rotatable bonds is 4. The molecule has 1 heterocycles. The first kappa shape index (κ1) is 11.5. The molecule has 0 saturated carbocycles. The number of nitrogens with zero attached hydrogens (tertiary/aromatic N) is 1. The van der Waals surface area contributed by atoms with Crippen molar-refractivity contribution in [2.45, 2.75) is 32.2 Å². The molecule has 0 spiro atoms. The minimum atomic E-state index is -0.106. The van der Waals surface area contributed by atoms with Crippen LogP contribution in [0, 0.1) is 0 Å². The van der Waals surface area contributed by atoms with Crippen molar-refractivity contribution in [2.24, 2.45) is 0 Å². The Balaban J connectivity index is 2.27. The fourth-order valence-corrected chi connectivity index (χ4v) is 1.89. The SMILES string of the molecule is CC(=O)NC(CO)CN1CCCCC1. The summed E-state index contributed by atoms with van der Waals surface area (Å²) in [5.41, 5.74) is 0. The molecule has 1 amide bonds. The number of hydrogen-bond donors (Lipinski definition) is 2. The first-order chi connectivity index (χ1) is 6.72. The first-order valence-corrected chi connectivity index (χ1v) is 5.32. The minimum Gasteiger partial charge on any atom is -0.394 e. The number of hydrogen-bond acceptors (Lipinski definition) is 3. The molecule has 0 aromatic rings. The summed E-state index contributed by atoms with van der Waals surface area (Å²) in [5, 5.41) is 11.8. The van der Waals surface area contributed by atoms with E-state index in [4.69, 9.17) is 5.11 Å². The van der Waals surface area contributed by atoms with Crippen LogP contribution in [0.1, 0.15) is 26.2 Å². The second kappa shape index (κ2) is 5.98. The lowest BCUT2D eigenvalue weighted by Gasteiger charge is -2.29. The van der Waals surface area contributed by atoms with Crippen molar-refractivity contribution in [1.29, 1.82) is 0 Å². The molecular weight excluding hydrogens is 180 g/mol. The van der Waals surface area contributed by atoms with Crippen LogP contribution < -0.4 is 5.32 Å². The van der Waals surface area contributed by atoms with Gasteiger partial charge in [0.25, 0.3) is 0 Å². The van der Waals surface area contributed by atoms with E-state index in [0.29, 0.717) is 0 Å². The second-order valence-electron chi connectivity index (χ2n) is 3.94. The second-order valence-corrected chi connectivity index (χ2v) is 3.94. The Labute approximate surface area is 85.3 Å². The van der Waals surface area contributed by atoms with Gasteiger partial charge >= 0.3 is 0 Å². The largest absolute Gasteiger partial charge is 0.394 e. The Morgan fingerprint density at radius 2 is 2.07 bits per heavy atom. The van der Waals surface area contributed by atoms with Gasteiger partial charge in [0.15, 0.2) is 0 Å². The van der Waals surface area contributed by atoms with E-state index in [-0.39, 0.29) is 18.6 Å². The normalized spacial score (nSPS) is 20.4. The fourth-order valence-electron chi connectivity index (χ4n) is 1.89. The topological polar surface area (TPSA) is 52.6 Å². The minimum absolute atomic E-state index is 0.0239. The molecule has 1 rings (SSSR count).